The largest absolute Gasteiger partial charge is 0.370 e. The molecule has 20 heavy (non-hydrogen) atoms. The highest BCUT2D eigenvalue weighted by atomic mass is 79.9. The van der Waals surface area contributed by atoms with E-state index in [9.17, 15) is 4.39 Å². The minimum Gasteiger partial charge on any atom is -0.370 e. The molecule has 2 rings (SSSR count). The van der Waals surface area contributed by atoms with Crippen molar-refractivity contribution in [1.82, 2.24) is 4.98 Å². The molecule has 4 heteroatoms. The SMILES string of the molecule is CCNc1nc2c(C)cc(Br)c(F)c2cc1C(C)(C)C. The van der Waals surface area contributed by atoms with Gasteiger partial charge in [-0.05, 0) is 52.9 Å². The summed E-state index contributed by atoms with van der Waals surface area (Å²) in [5, 5.41) is 3.86. The van der Waals surface area contributed by atoms with E-state index in [0.29, 0.717) is 9.86 Å². The van der Waals surface area contributed by atoms with Crippen LogP contribution >= 0.6 is 15.9 Å². The van der Waals surface area contributed by atoms with E-state index < -0.39 is 0 Å². The Hall–Kier alpha value is -1.16. The fourth-order valence-electron chi connectivity index (χ4n) is 2.31. The summed E-state index contributed by atoms with van der Waals surface area (Å²) in [5.41, 5.74) is 2.62. The van der Waals surface area contributed by atoms with E-state index in [1.165, 1.54) is 0 Å². The van der Waals surface area contributed by atoms with E-state index in [1.807, 2.05) is 19.9 Å². The zero-order valence-electron chi connectivity index (χ0n) is 12.6. The molecule has 2 nitrogen and oxygen atoms in total. The first-order chi connectivity index (χ1) is 9.25. The maximum absolute atomic E-state index is 14.4. The molecule has 0 atom stereocenters. The van der Waals surface area contributed by atoms with Gasteiger partial charge in [-0.25, -0.2) is 9.37 Å². The lowest BCUT2D eigenvalue weighted by Gasteiger charge is -2.23. The summed E-state index contributed by atoms with van der Waals surface area (Å²) in [6, 6.07) is 3.70. The molecular formula is C16H20BrFN2. The molecule has 0 radical (unpaired) electrons. The van der Waals surface area contributed by atoms with Crippen LogP contribution < -0.4 is 5.32 Å². The van der Waals surface area contributed by atoms with Crippen LogP contribution in [0.25, 0.3) is 10.9 Å². The van der Waals surface area contributed by atoms with Crippen LogP contribution in [0.2, 0.25) is 0 Å². The maximum atomic E-state index is 14.4. The van der Waals surface area contributed by atoms with E-state index in [-0.39, 0.29) is 11.2 Å². The molecule has 0 saturated carbocycles. The molecule has 1 aromatic carbocycles. The number of fused-ring (bicyclic) bond motifs is 1. The lowest BCUT2D eigenvalue weighted by atomic mass is 9.86. The summed E-state index contributed by atoms with van der Waals surface area (Å²) in [6.07, 6.45) is 0. The Balaban J connectivity index is 2.85. The zero-order chi connectivity index (χ0) is 15.1. The summed E-state index contributed by atoms with van der Waals surface area (Å²) < 4.78 is 14.8. The first-order valence-electron chi connectivity index (χ1n) is 6.79. The molecule has 0 spiro atoms. The Bertz CT molecular complexity index is 660. The second kappa shape index (κ2) is 5.32. The van der Waals surface area contributed by atoms with Gasteiger partial charge in [0.2, 0.25) is 0 Å². The van der Waals surface area contributed by atoms with Gasteiger partial charge in [0.25, 0.3) is 0 Å². The monoisotopic (exact) mass is 338 g/mol. The molecule has 0 saturated heterocycles. The van der Waals surface area contributed by atoms with Crippen molar-refractivity contribution >= 4 is 32.7 Å². The Kier molecular flexibility index (Phi) is 4.05. The van der Waals surface area contributed by atoms with Gasteiger partial charge in [-0.1, -0.05) is 20.8 Å². The van der Waals surface area contributed by atoms with Crippen LogP contribution in [0.3, 0.4) is 0 Å². The van der Waals surface area contributed by atoms with Crippen molar-refractivity contribution in [3.63, 3.8) is 0 Å². The second-order valence-corrected chi connectivity index (χ2v) is 6.90. The summed E-state index contributed by atoms with van der Waals surface area (Å²) in [6.45, 7) is 11.1. The molecule has 108 valence electrons. The maximum Gasteiger partial charge on any atom is 0.146 e. The van der Waals surface area contributed by atoms with Crippen LogP contribution in [0.5, 0.6) is 0 Å². The van der Waals surface area contributed by atoms with E-state index >= 15 is 0 Å². The minimum absolute atomic E-state index is 0.0959. The van der Waals surface area contributed by atoms with Crippen LogP contribution in [0.4, 0.5) is 10.2 Å². The fourth-order valence-corrected chi connectivity index (χ4v) is 2.86. The number of aromatic nitrogens is 1. The van der Waals surface area contributed by atoms with Crippen LogP contribution in [-0.4, -0.2) is 11.5 Å². The van der Waals surface area contributed by atoms with Crippen molar-refractivity contribution in [3.8, 4) is 0 Å². The number of aryl methyl sites for hydroxylation is 1. The third-order valence-electron chi connectivity index (χ3n) is 3.34. The molecule has 0 aliphatic rings. The normalized spacial score (nSPS) is 11.9. The average Bonchev–Trinajstić information content (AvgIpc) is 2.35. The van der Waals surface area contributed by atoms with Crippen molar-refractivity contribution in [2.75, 3.05) is 11.9 Å². The first kappa shape index (κ1) is 15.2. The van der Waals surface area contributed by atoms with Gasteiger partial charge in [0.05, 0.1) is 9.99 Å². The van der Waals surface area contributed by atoms with Crippen molar-refractivity contribution in [1.29, 1.82) is 0 Å². The number of nitrogens with zero attached hydrogens (tertiary/aromatic N) is 1. The van der Waals surface area contributed by atoms with E-state index in [1.54, 1.807) is 6.07 Å². The standard InChI is InChI=1S/C16H20BrFN2/c1-6-19-15-11(16(3,4)5)8-10-13(18)12(17)7-9(2)14(10)20-15/h7-8H,6H2,1-5H3,(H,19,20). The molecule has 2 aromatic rings. The lowest BCUT2D eigenvalue weighted by Crippen LogP contribution is -2.16. The van der Waals surface area contributed by atoms with Crippen molar-refractivity contribution in [3.05, 3.63) is 33.5 Å². The van der Waals surface area contributed by atoms with Crippen LogP contribution in [0.15, 0.2) is 16.6 Å². The Morgan fingerprint density at radius 1 is 1.30 bits per heavy atom. The van der Waals surface area contributed by atoms with Gasteiger partial charge in [-0.15, -0.1) is 0 Å². The summed E-state index contributed by atoms with van der Waals surface area (Å²) >= 11 is 3.27. The van der Waals surface area contributed by atoms with Crippen molar-refractivity contribution < 1.29 is 4.39 Å². The van der Waals surface area contributed by atoms with E-state index in [2.05, 4.69) is 47.0 Å². The van der Waals surface area contributed by atoms with Crippen LogP contribution in [-0.2, 0) is 5.41 Å². The molecule has 0 aliphatic carbocycles. The van der Waals surface area contributed by atoms with Gasteiger partial charge in [-0.3, -0.25) is 0 Å². The smallest absolute Gasteiger partial charge is 0.146 e. The van der Waals surface area contributed by atoms with Gasteiger partial charge >= 0.3 is 0 Å². The van der Waals surface area contributed by atoms with Gasteiger partial charge in [-0.2, -0.15) is 0 Å². The van der Waals surface area contributed by atoms with E-state index in [0.717, 1.165) is 29.0 Å². The summed E-state index contributed by atoms with van der Waals surface area (Å²) in [5.74, 6) is 0.601. The third-order valence-corrected chi connectivity index (χ3v) is 3.91. The molecule has 1 N–H and O–H groups in total. The van der Waals surface area contributed by atoms with Crippen molar-refractivity contribution in [2.45, 2.75) is 40.0 Å². The average molecular weight is 339 g/mol. The molecule has 0 amide bonds. The topological polar surface area (TPSA) is 24.9 Å². The van der Waals surface area contributed by atoms with Crippen LogP contribution in [0, 0.1) is 12.7 Å². The van der Waals surface area contributed by atoms with Gasteiger partial charge in [0.15, 0.2) is 0 Å². The predicted molar refractivity (Wildman–Crippen MR) is 87.0 cm³/mol. The number of pyridine rings is 1. The van der Waals surface area contributed by atoms with Gasteiger partial charge in [0, 0.05) is 17.5 Å². The molecule has 0 unspecified atom stereocenters. The number of nitrogens with one attached hydrogen (secondary N) is 1. The number of halogens is 2. The first-order valence-corrected chi connectivity index (χ1v) is 7.58. The summed E-state index contributed by atoms with van der Waals surface area (Å²) in [7, 11) is 0. The minimum atomic E-state index is -0.244. The number of rotatable bonds is 2. The Morgan fingerprint density at radius 2 is 1.95 bits per heavy atom. The predicted octanol–water partition coefficient (Wildman–Crippen LogP) is 5.17. The van der Waals surface area contributed by atoms with Gasteiger partial charge < -0.3 is 5.32 Å². The molecule has 0 bridgehead atoms. The quantitative estimate of drug-likeness (QED) is 0.816. The second-order valence-electron chi connectivity index (χ2n) is 6.05. The highest BCUT2D eigenvalue weighted by Gasteiger charge is 2.22. The van der Waals surface area contributed by atoms with Gasteiger partial charge in [0.1, 0.15) is 11.6 Å². The highest BCUT2D eigenvalue weighted by molar-refractivity contribution is 9.10. The molecular weight excluding hydrogens is 319 g/mol. The highest BCUT2D eigenvalue weighted by Crippen LogP contribution is 2.35. The molecule has 1 heterocycles. The number of benzene rings is 1. The third kappa shape index (κ3) is 2.66. The fraction of sp³-hybridized carbons (Fsp3) is 0.438. The zero-order valence-corrected chi connectivity index (χ0v) is 14.2. The summed E-state index contributed by atoms with van der Waals surface area (Å²) in [4.78, 5) is 4.66. The molecule has 1 aromatic heterocycles. The number of anilines is 1. The van der Waals surface area contributed by atoms with Crippen LogP contribution in [0.1, 0.15) is 38.8 Å². The molecule has 0 aliphatic heterocycles. The Morgan fingerprint density at radius 3 is 2.50 bits per heavy atom. The Labute approximate surface area is 127 Å². The van der Waals surface area contributed by atoms with Crippen molar-refractivity contribution in [2.24, 2.45) is 0 Å². The lowest BCUT2D eigenvalue weighted by molar-refractivity contribution is 0.589. The molecule has 0 fully saturated rings. The number of hydrogen-bond acceptors (Lipinski definition) is 2. The number of hydrogen-bond donors (Lipinski definition) is 1. The van der Waals surface area contributed by atoms with E-state index in [4.69, 9.17) is 0 Å².